The Morgan fingerprint density at radius 1 is 1.14 bits per heavy atom. The lowest BCUT2D eigenvalue weighted by atomic mass is 9.80. The van der Waals surface area contributed by atoms with Gasteiger partial charge in [-0.3, -0.25) is 0 Å². The average Bonchev–Trinajstić information content (AvgIpc) is 2.96. The zero-order chi connectivity index (χ0) is 15.1. The summed E-state index contributed by atoms with van der Waals surface area (Å²) in [5, 5.41) is 1.15. The molecule has 3 rings (SSSR count). The summed E-state index contributed by atoms with van der Waals surface area (Å²) in [6.07, 6.45) is 1.31. The summed E-state index contributed by atoms with van der Waals surface area (Å²) in [6, 6.07) is 8.15. The van der Waals surface area contributed by atoms with E-state index in [1.165, 1.54) is 5.56 Å². The van der Waals surface area contributed by atoms with Crippen molar-refractivity contribution in [2.24, 2.45) is 17.6 Å². The summed E-state index contributed by atoms with van der Waals surface area (Å²) in [4.78, 5) is 0. The lowest BCUT2D eigenvalue weighted by Gasteiger charge is -2.26. The van der Waals surface area contributed by atoms with Crippen molar-refractivity contribution < 1.29 is 9.15 Å². The van der Waals surface area contributed by atoms with E-state index in [0.717, 1.165) is 23.2 Å². The molecule has 1 aliphatic rings. The van der Waals surface area contributed by atoms with Gasteiger partial charge in [-0.25, -0.2) is 0 Å². The molecule has 5 unspecified atom stereocenters. The second-order valence-corrected chi connectivity index (χ2v) is 6.30. The van der Waals surface area contributed by atoms with Gasteiger partial charge in [-0.15, -0.1) is 0 Å². The summed E-state index contributed by atoms with van der Waals surface area (Å²) >= 11 is 0. The van der Waals surface area contributed by atoms with Crippen molar-refractivity contribution in [2.45, 2.75) is 52.4 Å². The number of para-hydroxylation sites is 1. The van der Waals surface area contributed by atoms with Gasteiger partial charge in [-0.1, -0.05) is 32.0 Å². The summed E-state index contributed by atoms with van der Waals surface area (Å²) in [5.41, 5.74) is 8.80. The van der Waals surface area contributed by atoms with Gasteiger partial charge in [-0.2, -0.15) is 0 Å². The highest BCUT2D eigenvalue weighted by Crippen LogP contribution is 2.42. The lowest BCUT2D eigenvalue weighted by Crippen LogP contribution is -2.31. The maximum absolute atomic E-state index is 6.69. The standard InChI is InChI=1S/C18H25NO2/c1-5-14-17(13-8-6-7-9-15(13)21-14)18(19)16-10(2)11(3)20-12(16)4/h6-12,16,18H,5,19H2,1-4H3. The summed E-state index contributed by atoms with van der Waals surface area (Å²) in [7, 11) is 0. The lowest BCUT2D eigenvalue weighted by molar-refractivity contribution is 0.0489. The Kier molecular flexibility index (Phi) is 3.80. The minimum Gasteiger partial charge on any atom is -0.461 e. The number of rotatable bonds is 3. The molecule has 21 heavy (non-hydrogen) atoms. The van der Waals surface area contributed by atoms with Crippen LogP contribution in [0.15, 0.2) is 28.7 Å². The highest BCUT2D eigenvalue weighted by Gasteiger charge is 2.42. The van der Waals surface area contributed by atoms with Crippen LogP contribution < -0.4 is 5.73 Å². The number of hydrogen-bond donors (Lipinski definition) is 1. The third-order valence-electron chi connectivity index (χ3n) is 5.10. The van der Waals surface area contributed by atoms with Crippen LogP contribution in [-0.4, -0.2) is 12.2 Å². The van der Waals surface area contributed by atoms with E-state index in [9.17, 15) is 0 Å². The molecule has 2 heterocycles. The van der Waals surface area contributed by atoms with Gasteiger partial charge < -0.3 is 14.9 Å². The molecule has 0 spiro atoms. The molecule has 1 fully saturated rings. The molecule has 1 aliphatic heterocycles. The monoisotopic (exact) mass is 287 g/mol. The third-order valence-corrected chi connectivity index (χ3v) is 5.10. The van der Waals surface area contributed by atoms with Crippen LogP contribution in [0, 0.1) is 11.8 Å². The van der Waals surface area contributed by atoms with Gasteiger partial charge in [0, 0.05) is 29.3 Å². The molecular formula is C18H25NO2. The van der Waals surface area contributed by atoms with Crippen LogP contribution in [0.3, 0.4) is 0 Å². The van der Waals surface area contributed by atoms with Crippen molar-refractivity contribution in [3.8, 4) is 0 Å². The van der Waals surface area contributed by atoms with Gasteiger partial charge in [0.1, 0.15) is 11.3 Å². The molecule has 0 aliphatic carbocycles. The minimum atomic E-state index is -0.0430. The van der Waals surface area contributed by atoms with Crippen LogP contribution in [0.1, 0.15) is 45.1 Å². The molecule has 1 aromatic carbocycles. The molecular weight excluding hydrogens is 262 g/mol. The van der Waals surface area contributed by atoms with E-state index in [4.69, 9.17) is 14.9 Å². The Bertz CT molecular complexity index is 633. The first-order valence-corrected chi connectivity index (χ1v) is 7.96. The van der Waals surface area contributed by atoms with Gasteiger partial charge >= 0.3 is 0 Å². The predicted octanol–water partition coefficient (Wildman–Crippen LogP) is 4.05. The number of hydrogen-bond acceptors (Lipinski definition) is 3. The van der Waals surface area contributed by atoms with Gasteiger partial charge in [-0.05, 0) is 25.8 Å². The largest absolute Gasteiger partial charge is 0.461 e. The summed E-state index contributed by atoms with van der Waals surface area (Å²) < 4.78 is 12.0. The molecule has 0 amide bonds. The second-order valence-electron chi connectivity index (χ2n) is 6.30. The summed E-state index contributed by atoms with van der Waals surface area (Å²) in [6.45, 7) is 8.64. The van der Waals surface area contributed by atoms with Crippen LogP contribution in [-0.2, 0) is 11.2 Å². The van der Waals surface area contributed by atoms with Crippen molar-refractivity contribution in [1.29, 1.82) is 0 Å². The molecule has 0 radical (unpaired) electrons. The Hall–Kier alpha value is -1.32. The van der Waals surface area contributed by atoms with Crippen LogP contribution in [0.5, 0.6) is 0 Å². The van der Waals surface area contributed by atoms with Crippen molar-refractivity contribution in [3.05, 3.63) is 35.6 Å². The molecule has 1 saturated heterocycles. The first-order valence-electron chi connectivity index (χ1n) is 7.96. The van der Waals surface area contributed by atoms with Crippen LogP contribution in [0.25, 0.3) is 11.0 Å². The van der Waals surface area contributed by atoms with Crippen molar-refractivity contribution >= 4 is 11.0 Å². The summed E-state index contributed by atoms with van der Waals surface area (Å²) in [5.74, 6) is 1.79. The molecule has 1 aromatic heterocycles. The Morgan fingerprint density at radius 3 is 2.48 bits per heavy atom. The number of aryl methyl sites for hydroxylation is 1. The predicted molar refractivity (Wildman–Crippen MR) is 85.2 cm³/mol. The van der Waals surface area contributed by atoms with Crippen molar-refractivity contribution in [3.63, 3.8) is 0 Å². The van der Waals surface area contributed by atoms with Crippen molar-refractivity contribution in [1.82, 2.24) is 0 Å². The van der Waals surface area contributed by atoms with E-state index in [1.54, 1.807) is 0 Å². The average molecular weight is 287 g/mol. The first kappa shape index (κ1) is 14.6. The van der Waals surface area contributed by atoms with E-state index >= 15 is 0 Å². The fourth-order valence-corrected chi connectivity index (χ4v) is 3.85. The van der Waals surface area contributed by atoms with Gasteiger partial charge in [0.2, 0.25) is 0 Å². The fraction of sp³-hybridized carbons (Fsp3) is 0.556. The van der Waals surface area contributed by atoms with Crippen LogP contribution >= 0.6 is 0 Å². The molecule has 3 nitrogen and oxygen atoms in total. The maximum Gasteiger partial charge on any atom is 0.134 e. The van der Waals surface area contributed by atoms with Gasteiger partial charge in [0.25, 0.3) is 0 Å². The Balaban J connectivity index is 2.07. The highest BCUT2D eigenvalue weighted by molar-refractivity contribution is 5.82. The van der Waals surface area contributed by atoms with Crippen molar-refractivity contribution in [2.75, 3.05) is 0 Å². The van der Waals surface area contributed by atoms with Crippen LogP contribution in [0.4, 0.5) is 0 Å². The van der Waals surface area contributed by atoms with E-state index in [2.05, 4.69) is 33.8 Å². The quantitative estimate of drug-likeness (QED) is 0.926. The van der Waals surface area contributed by atoms with E-state index in [1.807, 2.05) is 18.2 Å². The maximum atomic E-state index is 6.69. The molecule has 114 valence electrons. The van der Waals surface area contributed by atoms with Gasteiger partial charge in [0.05, 0.1) is 12.2 Å². The number of fused-ring (bicyclic) bond motifs is 1. The number of nitrogens with two attached hydrogens (primary N) is 1. The zero-order valence-corrected chi connectivity index (χ0v) is 13.3. The molecule has 0 bridgehead atoms. The Labute approximate surface area is 126 Å². The van der Waals surface area contributed by atoms with E-state index < -0.39 is 0 Å². The molecule has 5 atom stereocenters. The van der Waals surface area contributed by atoms with Crippen LogP contribution in [0.2, 0.25) is 0 Å². The molecule has 3 heteroatoms. The molecule has 2 aromatic rings. The second kappa shape index (κ2) is 5.47. The fourth-order valence-electron chi connectivity index (χ4n) is 3.85. The number of benzene rings is 1. The number of ether oxygens (including phenoxy) is 1. The minimum absolute atomic E-state index is 0.0430. The smallest absolute Gasteiger partial charge is 0.134 e. The normalized spacial score (nSPS) is 30.9. The first-order chi connectivity index (χ1) is 10.0. The SMILES string of the molecule is CCc1oc2ccccc2c1C(N)C1C(C)OC(C)C1C. The molecule has 0 saturated carbocycles. The topological polar surface area (TPSA) is 48.4 Å². The molecule has 2 N–H and O–H groups in total. The van der Waals surface area contributed by atoms with Gasteiger partial charge in [0.15, 0.2) is 0 Å². The Morgan fingerprint density at radius 2 is 1.86 bits per heavy atom. The third kappa shape index (κ3) is 2.29. The highest BCUT2D eigenvalue weighted by atomic mass is 16.5. The number of furan rings is 1. The van der Waals surface area contributed by atoms with E-state index in [-0.39, 0.29) is 18.2 Å². The van der Waals surface area contributed by atoms with E-state index in [0.29, 0.717) is 11.8 Å². The zero-order valence-electron chi connectivity index (χ0n) is 13.3.